The number of benzene rings is 6. The van der Waals surface area contributed by atoms with E-state index in [1.165, 1.54) is 71.6 Å². The summed E-state index contributed by atoms with van der Waals surface area (Å²) in [4.78, 5) is 0. The smallest absolute Gasteiger partial charge is 0.0541 e. The van der Waals surface area contributed by atoms with Crippen LogP contribution in [0.5, 0.6) is 0 Å². The molecule has 37 heavy (non-hydrogen) atoms. The minimum Gasteiger partial charge on any atom is -0.309 e. The summed E-state index contributed by atoms with van der Waals surface area (Å²) in [6.07, 6.45) is 0. The molecule has 0 radical (unpaired) electrons. The highest BCUT2D eigenvalue weighted by atomic mass is 15.0. The van der Waals surface area contributed by atoms with Crippen molar-refractivity contribution >= 4 is 32.6 Å². The zero-order valence-electron chi connectivity index (χ0n) is 21.1. The van der Waals surface area contributed by atoms with Crippen molar-refractivity contribution in [3.8, 4) is 27.9 Å². The lowest BCUT2D eigenvalue weighted by molar-refractivity contribution is 1.17. The molecule has 1 aliphatic carbocycles. The van der Waals surface area contributed by atoms with Gasteiger partial charge in [-0.2, -0.15) is 0 Å². The van der Waals surface area contributed by atoms with Crippen molar-refractivity contribution in [2.45, 2.75) is 13.8 Å². The van der Waals surface area contributed by atoms with Crippen LogP contribution in [0.1, 0.15) is 11.1 Å². The minimum absolute atomic E-state index is 1.22. The maximum Gasteiger partial charge on any atom is 0.0541 e. The minimum atomic E-state index is 1.22. The highest BCUT2D eigenvalue weighted by molar-refractivity contribution is 6.16. The molecule has 0 unspecified atom stereocenters. The van der Waals surface area contributed by atoms with Crippen LogP contribution in [0.2, 0.25) is 0 Å². The van der Waals surface area contributed by atoms with Gasteiger partial charge in [0.1, 0.15) is 0 Å². The quantitative estimate of drug-likeness (QED) is 0.223. The van der Waals surface area contributed by atoms with E-state index in [1.807, 2.05) is 0 Å². The summed E-state index contributed by atoms with van der Waals surface area (Å²) in [7, 11) is 0. The molecule has 7 aromatic rings. The van der Waals surface area contributed by atoms with Gasteiger partial charge >= 0.3 is 0 Å². The molecule has 0 saturated carbocycles. The second-order valence-corrected chi connectivity index (χ2v) is 9.91. The van der Waals surface area contributed by atoms with E-state index < -0.39 is 0 Å². The molecule has 0 amide bonds. The molecule has 0 N–H and O–H groups in total. The highest BCUT2D eigenvalue weighted by Gasteiger charge is 2.20. The van der Waals surface area contributed by atoms with Crippen molar-refractivity contribution in [1.82, 2.24) is 4.57 Å². The van der Waals surface area contributed by atoms with Gasteiger partial charge in [-0.3, -0.25) is 0 Å². The number of hydrogen-bond donors (Lipinski definition) is 0. The summed E-state index contributed by atoms with van der Waals surface area (Å²) in [5.74, 6) is 0. The van der Waals surface area contributed by atoms with E-state index in [-0.39, 0.29) is 0 Å². The molecule has 6 aromatic carbocycles. The lowest BCUT2D eigenvalue weighted by atomic mass is 9.99. The Morgan fingerprint density at radius 2 is 0.919 bits per heavy atom. The van der Waals surface area contributed by atoms with Gasteiger partial charge in [0.25, 0.3) is 0 Å². The molecule has 0 saturated heterocycles. The Hall–Kier alpha value is -4.62. The number of hydrogen-bond acceptors (Lipinski definition) is 0. The lowest BCUT2D eigenvalue weighted by Crippen LogP contribution is -1.93. The fourth-order valence-corrected chi connectivity index (χ4v) is 5.85. The van der Waals surface area contributed by atoms with E-state index in [1.54, 1.807) is 0 Å². The van der Waals surface area contributed by atoms with E-state index in [9.17, 15) is 0 Å². The van der Waals surface area contributed by atoms with Crippen LogP contribution in [0.15, 0.2) is 127 Å². The molecular weight excluding hydrogens is 446 g/mol. The van der Waals surface area contributed by atoms with Gasteiger partial charge in [-0.1, -0.05) is 109 Å². The molecule has 1 aliphatic rings. The van der Waals surface area contributed by atoms with Crippen LogP contribution in [0.4, 0.5) is 0 Å². The average Bonchev–Trinajstić information content (AvgIpc) is 3.46. The molecule has 1 heterocycles. The summed E-state index contributed by atoms with van der Waals surface area (Å²) in [6, 6.07) is 45.7. The molecule has 1 heteroatoms. The number of fused-ring (bicyclic) bond motifs is 6. The summed E-state index contributed by atoms with van der Waals surface area (Å²) in [6.45, 7) is 4.31. The Kier molecular flexibility index (Phi) is 4.97. The predicted octanol–water partition coefficient (Wildman–Crippen LogP) is 9.89. The first kappa shape index (κ1) is 21.6. The van der Waals surface area contributed by atoms with Gasteiger partial charge in [0.2, 0.25) is 0 Å². The van der Waals surface area contributed by atoms with Crippen LogP contribution in [-0.2, 0) is 0 Å². The molecule has 0 aliphatic heterocycles. The van der Waals surface area contributed by atoms with Gasteiger partial charge in [0, 0.05) is 16.5 Å². The molecule has 0 spiro atoms. The molecular formula is C36H27N. The third-order valence-corrected chi connectivity index (χ3v) is 7.64. The van der Waals surface area contributed by atoms with Crippen molar-refractivity contribution in [1.29, 1.82) is 0 Å². The second-order valence-electron chi connectivity index (χ2n) is 9.91. The van der Waals surface area contributed by atoms with Gasteiger partial charge in [-0.05, 0) is 76.7 Å². The third-order valence-electron chi connectivity index (χ3n) is 7.64. The van der Waals surface area contributed by atoms with E-state index in [2.05, 4.69) is 146 Å². The summed E-state index contributed by atoms with van der Waals surface area (Å²) in [5.41, 5.74) is 11.9. The van der Waals surface area contributed by atoms with Gasteiger partial charge in [0.05, 0.1) is 11.0 Å². The number of nitrogens with zero attached hydrogens (tertiary/aromatic N) is 1. The third kappa shape index (κ3) is 3.39. The summed E-state index contributed by atoms with van der Waals surface area (Å²) >= 11 is 0. The van der Waals surface area contributed by atoms with Crippen LogP contribution in [0, 0.1) is 13.8 Å². The molecule has 8 rings (SSSR count). The fraction of sp³-hybridized carbons (Fsp3) is 0.0556. The Labute approximate surface area is 217 Å². The fourth-order valence-electron chi connectivity index (χ4n) is 5.85. The maximum atomic E-state index is 2.34. The van der Waals surface area contributed by atoms with Gasteiger partial charge in [-0.15, -0.1) is 0 Å². The van der Waals surface area contributed by atoms with E-state index in [0.717, 1.165) is 0 Å². The number of aryl methyl sites for hydroxylation is 2. The van der Waals surface area contributed by atoms with Crippen molar-refractivity contribution in [3.63, 3.8) is 0 Å². The monoisotopic (exact) mass is 473 g/mol. The average molecular weight is 474 g/mol. The molecule has 0 bridgehead atoms. The second kappa shape index (κ2) is 8.50. The first-order valence-corrected chi connectivity index (χ1v) is 12.9. The predicted molar refractivity (Wildman–Crippen MR) is 159 cm³/mol. The number of aromatic nitrogens is 1. The zero-order valence-corrected chi connectivity index (χ0v) is 21.1. The largest absolute Gasteiger partial charge is 0.309 e. The topological polar surface area (TPSA) is 4.93 Å². The van der Waals surface area contributed by atoms with Crippen LogP contribution in [0.3, 0.4) is 0 Å². The van der Waals surface area contributed by atoms with E-state index in [4.69, 9.17) is 0 Å². The number of rotatable bonds is 1. The Morgan fingerprint density at radius 1 is 0.405 bits per heavy atom. The first-order valence-electron chi connectivity index (χ1n) is 12.9. The Balaban J connectivity index is 0.000000126. The molecule has 0 atom stereocenters. The highest BCUT2D eigenvalue weighted by Crippen LogP contribution is 2.47. The SMILES string of the molecule is Cc1ccc(-n2c3ccccc3c3ccccc32)cc1.Cc1ccc2c3c(cccc13)-c1ccccc1-2. The van der Waals surface area contributed by atoms with Crippen molar-refractivity contribution in [2.75, 3.05) is 0 Å². The Bertz CT molecular complexity index is 1850. The van der Waals surface area contributed by atoms with Crippen LogP contribution < -0.4 is 0 Å². The summed E-state index contributed by atoms with van der Waals surface area (Å²) < 4.78 is 2.34. The lowest BCUT2D eigenvalue weighted by Gasteiger charge is -2.07. The molecule has 0 fully saturated rings. The zero-order chi connectivity index (χ0) is 24.9. The van der Waals surface area contributed by atoms with Gasteiger partial charge in [0.15, 0.2) is 0 Å². The van der Waals surface area contributed by atoms with Crippen LogP contribution in [-0.4, -0.2) is 4.57 Å². The molecule has 1 aromatic heterocycles. The maximum absolute atomic E-state index is 2.34. The van der Waals surface area contributed by atoms with Crippen molar-refractivity contribution in [2.24, 2.45) is 0 Å². The van der Waals surface area contributed by atoms with E-state index >= 15 is 0 Å². The van der Waals surface area contributed by atoms with Crippen molar-refractivity contribution < 1.29 is 0 Å². The first-order chi connectivity index (χ1) is 18.2. The normalized spacial score (nSPS) is 11.5. The Morgan fingerprint density at radius 3 is 1.57 bits per heavy atom. The van der Waals surface area contributed by atoms with Crippen LogP contribution >= 0.6 is 0 Å². The van der Waals surface area contributed by atoms with Gasteiger partial charge < -0.3 is 4.57 Å². The number of para-hydroxylation sites is 2. The van der Waals surface area contributed by atoms with E-state index in [0.29, 0.717) is 0 Å². The molecule has 1 nitrogen and oxygen atoms in total. The standard InChI is InChI=1S/C19H15N.C17H12/c1-14-10-12-15(13-11-14)20-18-8-4-2-6-16(18)17-7-3-5-9-19(17)20;1-11-9-10-16-14-6-3-2-5-13(14)15-8-4-7-12(11)17(15)16/h2-13H,1H3;2-10H,1H3. The molecule has 176 valence electrons. The summed E-state index contributed by atoms with van der Waals surface area (Å²) in [5, 5.41) is 5.43. The van der Waals surface area contributed by atoms with Crippen molar-refractivity contribution in [3.05, 3.63) is 139 Å². The van der Waals surface area contributed by atoms with Crippen LogP contribution in [0.25, 0.3) is 60.5 Å². The van der Waals surface area contributed by atoms with Gasteiger partial charge in [-0.25, -0.2) is 0 Å².